The number of fused-ring (bicyclic) bond motifs is 2. The summed E-state index contributed by atoms with van der Waals surface area (Å²) in [4.78, 5) is 14.9. The molecule has 1 saturated heterocycles. The first-order valence-electron chi connectivity index (χ1n) is 9.56. The van der Waals surface area contributed by atoms with Gasteiger partial charge in [-0.3, -0.25) is 0 Å². The zero-order valence-corrected chi connectivity index (χ0v) is 16.9. The summed E-state index contributed by atoms with van der Waals surface area (Å²) < 4.78 is 28.0. The van der Waals surface area contributed by atoms with Crippen LogP contribution in [0.25, 0.3) is 0 Å². The van der Waals surface area contributed by atoms with E-state index in [1.165, 1.54) is 0 Å². The number of carbonyl (C=O) groups excluding carboxylic acids is 1. The van der Waals surface area contributed by atoms with E-state index in [1.807, 2.05) is 36.9 Å². The van der Waals surface area contributed by atoms with E-state index in [1.54, 1.807) is 30.3 Å². The maximum absolute atomic E-state index is 12.7. The van der Waals surface area contributed by atoms with Crippen molar-refractivity contribution in [3.8, 4) is 0 Å². The van der Waals surface area contributed by atoms with Crippen LogP contribution in [0.3, 0.4) is 0 Å². The predicted octanol–water partition coefficient (Wildman–Crippen LogP) is 3.28. The number of hydrogen-bond acceptors (Lipinski definition) is 3. The van der Waals surface area contributed by atoms with Gasteiger partial charge in [0.15, 0.2) is 0 Å². The fourth-order valence-corrected chi connectivity index (χ4v) is 5.69. The standard InChI is InChI=1S/C21H25N3O3S/c1-14-8-9-19(15(2)10-14)22-21(25)24-13-16-11-17(24)12-20(16)23-28(26,27)18-6-4-3-5-7-18/h3-10,16-17,20,23H,11-13H2,1-2H3,(H,22,25). The van der Waals surface area contributed by atoms with Gasteiger partial charge in [-0.15, -0.1) is 0 Å². The first kappa shape index (κ1) is 19.0. The molecule has 1 aliphatic heterocycles. The molecule has 28 heavy (non-hydrogen) atoms. The third-order valence-electron chi connectivity index (χ3n) is 5.79. The van der Waals surface area contributed by atoms with Crippen LogP contribution in [0.1, 0.15) is 24.0 Å². The van der Waals surface area contributed by atoms with Crippen molar-refractivity contribution in [1.82, 2.24) is 9.62 Å². The van der Waals surface area contributed by atoms with Gasteiger partial charge in [0, 0.05) is 24.3 Å². The molecule has 4 rings (SSSR count). The summed E-state index contributed by atoms with van der Waals surface area (Å²) in [6, 6.07) is 14.2. The van der Waals surface area contributed by atoms with E-state index in [4.69, 9.17) is 0 Å². The predicted molar refractivity (Wildman–Crippen MR) is 109 cm³/mol. The highest BCUT2D eigenvalue weighted by atomic mass is 32.2. The minimum absolute atomic E-state index is 0.0687. The highest BCUT2D eigenvalue weighted by Crippen LogP contribution is 2.38. The Kier molecular flexibility index (Phi) is 4.89. The SMILES string of the molecule is Cc1ccc(NC(=O)N2CC3CC2CC3NS(=O)(=O)c2ccccc2)c(C)c1. The minimum Gasteiger partial charge on any atom is -0.321 e. The zero-order valence-electron chi connectivity index (χ0n) is 16.1. The summed E-state index contributed by atoms with van der Waals surface area (Å²) in [5.74, 6) is 0.147. The third kappa shape index (κ3) is 3.64. The normalized spacial score (nSPS) is 23.8. The number of nitrogens with zero attached hydrogens (tertiary/aromatic N) is 1. The Bertz CT molecular complexity index is 991. The number of anilines is 1. The van der Waals surface area contributed by atoms with Gasteiger partial charge in [-0.2, -0.15) is 0 Å². The summed E-state index contributed by atoms with van der Waals surface area (Å²) in [6.07, 6.45) is 1.49. The Morgan fingerprint density at radius 1 is 1.07 bits per heavy atom. The molecule has 2 fully saturated rings. The van der Waals surface area contributed by atoms with Crippen molar-refractivity contribution in [2.45, 2.75) is 43.7 Å². The summed E-state index contributed by atoms with van der Waals surface area (Å²) in [5.41, 5.74) is 3.01. The first-order valence-corrected chi connectivity index (χ1v) is 11.0. The van der Waals surface area contributed by atoms with E-state index < -0.39 is 10.0 Å². The molecule has 6 nitrogen and oxygen atoms in total. The van der Waals surface area contributed by atoms with Crippen LogP contribution in [-0.2, 0) is 10.0 Å². The lowest BCUT2D eigenvalue weighted by Gasteiger charge is -2.32. The lowest BCUT2D eigenvalue weighted by atomic mass is 10.0. The van der Waals surface area contributed by atoms with E-state index >= 15 is 0 Å². The van der Waals surface area contributed by atoms with Crippen molar-refractivity contribution < 1.29 is 13.2 Å². The Balaban J connectivity index is 1.39. The van der Waals surface area contributed by atoms with Crippen molar-refractivity contribution in [3.63, 3.8) is 0 Å². The Morgan fingerprint density at radius 2 is 1.82 bits per heavy atom. The molecule has 0 aromatic heterocycles. The highest BCUT2D eigenvalue weighted by molar-refractivity contribution is 7.89. The van der Waals surface area contributed by atoms with Gasteiger partial charge >= 0.3 is 6.03 Å². The Morgan fingerprint density at radius 3 is 2.46 bits per heavy atom. The molecular weight excluding hydrogens is 374 g/mol. The monoisotopic (exact) mass is 399 g/mol. The molecule has 2 aromatic carbocycles. The number of likely N-dealkylation sites (tertiary alicyclic amines) is 1. The maximum atomic E-state index is 12.7. The van der Waals surface area contributed by atoms with Crippen molar-refractivity contribution in [3.05, 3.63) is 59.7 Å². The van der Waals surface area contributed by atoms with Gasteiger partial charge < -0.3 is 10.2 Å². The molecule has 0 radical (unpaired) electrons. The summed E-state index contributed by atoms with van der Waals surface area (Å²) in [6.45, 7) is 4.57. The van der Waals surface area contributed by atoms with Crippen LogP contribution in [0, 0.1) is 19.8 Å². The molecule has 2 bridgehead atoms. The summed E-state index contributed by atoms with van der Waals surface area (Å²) in [7, 11) is -3.53. The molecule has 1 saturated carbocycles. The molecule has 1 heterocycles. The number of sulfonamides is 1. The van der Waals surface area contributed by atoms with Gasteiger partial charge in [-0.25, -0.2) is 17.9 Å². The molecule has 1 aliphatic carbocycles. The average Bonchev–Trinajstić information content (AvgIpc) is 3.24. The fraction of sp³-hybridized carbons (Fsp3) is 0.381. The van der Waals surface area contributed by atoms with Crippen LogP contribution in [0.15, 0.2) is 53.4 Å². The number of carbonyl (C=O) groups is 1. The van der Waals surface area contributed by atoms with E-state index in [-0.39, 0.29) is 28.9 Å². The minimum atomic E-state index is -3.53. The number of urea groups is 1. The maximum Gasteiger partial charge on any atom is 0.322 e. The van der Waals surface area contributed by atoms with Crippen molar-refractivity contribution in [1.29, 1.82) is 0 Å². The first-order chi connectivity index (χ1) is 13.3. The number of piperidine rings is 1. The van der Waals surface area contributed by atoms with Gasteiger partial charge in [-0.1, -0.05) is 35.9 Å². The van der Waals surface area contributed by atoms with Crippen LogP contribution in [0.4, 0.5) is 10.5 Å². The molecule has 7 heteroatoms. The molecule has 2 amide bonds. The third-order valence-corrected chi connectivity index (χ3v) is 7.29. The second kappa shape index (κ2) is 7.22. The van der Waals surface area contributed by atoms with Crippen LogP contribution < -0.4 is 10.0 Å². The van der Waals surface area contributed by atoms with Crippen LogP contribution >= 0.6 is 0 Å². The van der Waals surface area contributed by atoms with E-state index in [0.29, 0.717) is 13.0 Å². The average molecular weight is 400 g/mol. The van der Waals surface area contributed by atoms with Crippen LogP contribution in [0.5, 0.6) is 0 Å². The highest BCUT2D eigenvalue weighted by Gasteiger charge is 2.47. The lowest BCUT2D eigenvalue weighted by molar-refractivity contribution is 0.188. The van der Waals surface area contributed by atoms with Crippen molar-refractivity contribution in [2.75, 3.05) is 11.9 Å². The van der Waals surface area contributed by atoms with E-state index in [2.05, 4.69) is 10.0 Å². The number of hydrogen-bond donors (Lipinski definition) is 2. The van der Waals surface area contributed by atoms with Crippen LogP contribution in [0.2, 0.25) is 0 Å². The summed E-state index contributed by atoms with van der Waals surface area (Å²) in [5, 5.41) is 3.00. The number of amides is 2. The second-order valence-corrected chi connectivity index (χ2v) is 9.54. The van der Waals surface area contributed by atoms with Crippen LogP contribution in [-0.4, -0.2) is 38.0 Å². The zero-order chi connectivity index (χ0) is 19.9. The number of rotatable bonds is 4. The van der Waals surface area contributed by atoms with Gasteiger partial charge in [0.2, 0.25) is 10.0 Å². The number of aryl methyl sites for hydroxylation is 2. The fourth-order valence-electron chi connectivity index (χ4n) is 4.35. The van der Waals surface area contributed by atoms with Gasteiger partial charge in [0.1, 0.15) is 0 Å². The number of nitrogens with one attached hydrogen (secondary N) is 2. The van der Waals surface area contributed by atoms with E-state index in [9.17, 15) is 13.2 Å². The molecule has 148 valence electrons. The molecular formula is C21H25N3O3S. The topological polar surface area (TPSA) is 78.5 Å². The molecule has 0 spiro atoms. The lowest BCUT2D eigenvalue weighted by Crippen LogP contribution is -2.48. The summed E-state index contributed by atoms with van der Waals surface area (Å²) >= 11 is 0. The Hall–Kier alpha value is -2.38. The van der Waals surface area contributed by atoms with Gasteiger partial charge in [-0.05, 0) is 56.4 Å². The Labute approximate surface area is 166 Å². The molecule has 2 aliphatic rings. The molecule has 3 unspecified atom stereocenters. The molecule has 3 atom stereocenters. The second-order valence-electron chi connectivity index (χ2n) is 7.83. The molecule has 2 aromatic rings. The van der Waals surface area contributed by atoms with E-state index in [0.717, 1.165) is 23.2 Å². The van der Waals surface area contributed by atoms with Gasteiger partial charge in [0.25, 0.3) is 0 Å². The van der Waals surface area contributed by atoms with Crippen molar-refractivity contribution >= 4 is 21.7 Å². The van der Waals surface area contributed by atoms with Crippen molar-refractivity contribution in [2.24, 2.45) is 5.92 Å². The largest absolute Gasteiger partial charge is 0.322 e. The molecule has 2 N–H and O–H groups in total. The number of benzene rings is 2. The van der Waals surface area contributed by atoms with Gasteiger partial charge in [0.05, 0.1) is 4.90 Å². The quantitative estimate of drug-likeness (QED) is 0.828. The smallest absolute Gasteiger partial charge is 0.321 e.